The summed E-state index contributed by atoms with van der Waals surface area (Å²) >= 11 is 0. The Morgan fingerprint density at radius 3 is 2.24 bits per heavy atom. The Labute approximate surface area is 238 Å². The van der Waals surface area contributed by atoms with Crippen LogP contribution in [0.3, 0.4) is 0 Å². The van der Waals surface area contributed by atoms with Gasteiger partial charge in [0.1, 0.15) is 0 Å². The van der Waals surface area contributed by atoms with Crippen molar-refractivity contribution in [2.24, 2.45) is 11.3 Å². The first-order valence-electron chi connectivity index (χ1n) is 12.5. The summed E-state index contributed by atoms with van der Waals surface area (Å²) in [6.07, 6.45) is 0.607. The minimum absolute atomic E-state index is 0. The van der Waals surface area contributed by atoms with Crippen LogP contribution in [0.4, 0.5) is 17.6 Å². The van der Waals surface area contributed by atoms with E-state index in [4.69, 9.17) is 0 Å². The average molecular weight is 612 g/mol. The van der Waals surface area contributed by atoms with Crippen molar-refractivity contribution in [1.29, 1.82) is 0 Å². The first kappa shape index (κ1) is 32.1. The summed E-state index contributed by atoms with van der Waals surface area (Å²) in [6.45, 7) is 10.4. The predicted octanol–water partition coefficient (Wildman–Crippen LogP) is 5.79. The van der Waals surface area contributed by atoms with Crippen molar-refractivity contribution in [3.05, 3.63) is 77.0 Å². The van der Waals surface area contributed by atoms with E-state index >= 15 is 0 Å². The maximum atomic E-state index is 12.5. The monoisotopic (exact) mass is 611 g/mol. The van der Waals surface area contributed by atoms with Gasteiger partial charge in [-0.2, -0.15) is 19.1 Å². The van der Waals surface area contributed by atoms with Gasteiger partial charge >= 0.3 is 28.6 Å². The van der Waals surface area contributed by atoms with E-state index in [9.17, 15) is 27.2 Å². The molecule has 0 N–H and O–H groups in total. The van der Waals surface area contributed by atoms with Crippen LogP contribution in [0.1, 0.15) is 54.9 Å². The molecule has 0 aromatic heterocycles. The Bertz CT molecular complexity index is 1080. The summed E-state index contributed by atoms with van der Waals surface area (Å²) in [5, 5.41) is 0. The number of alkyl halides is 3. The van der Waals surface area contributed by atoms with Gasteiger partial charge in [-0.15, -0.1) is 11.6 Å². The molecule has 9 heteroatoms. The summed E-state index contributed by atoms with van der Waals surface area (Å²) in [5.41, 5.74) is 1.35. The average Bonchev–Trinajstić information content (AvgIpc) is 3.14. The molecular formula is C29H34F4N2NbO2. The van der Waals surface area contributed by atoms with Gasteiger partial charge in [-0.25, -0.2) is 0 Å². The van der Waals surface area contributed by atoms with E-state index in [1.54, 1.807) is 0 Å². The molecule has 2 heterocycles. The van der Waals surface area contributed by atoms with Crippen molar-refractivity contribution < 1.29 is 49.5 Å². The SMILES string of the molecule is Cc1ccc(C2CN(C)CC23CCN(C(=O)[CH-]C(C)C)CC3)cc1.O=[C-]c1cc(C(F)(F)F)ccc1F.[Nb+2]. The summed E-state index contributed by atoms with van der Waals surface area (Å²) in [6, 6.07) is 10.7. The van der Waals surface area contributed by atoms with Crippen molar-refractivity contribution in [1.82, 2.24) is 9.80 Å². The van der Waals surface area contributed by atoms with E-state index in [1.165, 1.54) is 11.1 Å². The molecule has 1 amide bonds. The smallest absolute Gasteiger partial charge is 0.376 e. The van der Waals surface area contributed by atoms with E-state index in [0.717, 1.165) is 45.3 Å². The fraction of sp³-hybridized carbons (Fsp3) is 0.483. The fourth-order valence-corrected chi connectivity index (χ4v) is 5.32. The zero-order chi connectivity index (χ0) is 27.4. The van der Waals surface area contributed by atoms with E-state index in [2.05, 4.69) is 61.9 Å². The number of hydrogen-bond acceptors (Lipinski definition) is 3. The zero-order valence-corrected chi connectivity index (χ0v) is 24.4. The van der Waals surface area contributed by atoms with Crippen molar-refractivity contribution in [2.75, 3.05) is 33.2 Å². The topological polar surface area (TPSA) is 40.6 Å². The van der Waals surface area contributed by atoms with Gasteiger partial charge in [0.25, 0.3) is 0 Å². The molecule has 1 unspecified atom stereocenters. The molecule has 1 radical (unpaired) electrons. The third kappa shape index (κ3) is 7.94. The third-order valence-corrected chi connectivity index (χ3v) is 7.25. The Morgan fingerprint density at radius 2 is 1.71 bits per heavy atom. The van der Waals surface area contributed by atoms with Crippen LogP contribution in [-0.4, -0.2) is 55.2 Å². The van der Waals surface area contributed by atoms with E-state index in [0.29, 0.717) is 35.4 Å². The Balaban J connectivity index is 0.000000309. The number of amides is 1. The number of halogens is 4. The number of carbonyl (C=O) groups excluding carboxylic acids is 2. The number of benzene rings is 2. The number of carbonyl (C=O) groups is 1. The van der Waals surface area contributed by atoms with Crippen LogP contribution in [0.5, 0.6) is 0 Å². The Kier molecular flexibility index (Phi) is 11.2. The second-order valence-corrected chi connectivity index (χ2v) is 10.6. The number of likely N-dealkylation sites (tertiary alicyclic amines) is 2. The maximum Gasteiger partial charge on any atom is 2.00 e. The van der Waals surface area contributed by atoms with Gasteiger partial charge in [0.15, 0.2) is 0 Å². The quantitative estimate of drug-likeness (QED) is 0.250. The van der Waals surface area contributed by atoms with Crippen LogP contribution in [0.2, 0.25) is 0 Å². The molecule has 2 aliphatic rings. The van der Waals surface area contributed by atoms with E-state index < -0.39 is 23.1 Å². The molecule has 2 saturated heterocycles. The van der Waals surface area contributed by atoms with Gasteiger partial charge in [0.2, 0.25) is 0 Å². The summed E-state index contributed by atoms with van der Waals surface area (Å²) in [5.74, 6) is 0.127. The minimum atomic E-state index is -4.57. The number of nitrogens with zero attached hydrogens (tertiary/aromatic N) is 2. The van der Waals surface area contributed by atoms with Gasteiger partial charge in [0.05, 0.1) is 12.2 Å². The molecule has 2 aromatic rings. The van der Waals surface area contributed by atoms with Crippen LogP contribution < -0.4 is 0 Å². The van der Waals surface area contributed by atoms with E-state index in [-0.39, 0.29) is 28.3 Å². The van der Waals surface area contributed by atoms with Crippen LogP contribution in [0, 0.1) is 30.5 Å². The molecule has 1 spiro atoms. The van der Waals surface area contributed by atoms with Crippen LogP contribution in [0.15, 0.2) is 42.5 Å². The molecule has 0 saturated carbocycles. The van der Waals surface area contributed by atoms with Crippen LogP contribution in [0.25, 0.3) is 0 Å². The minimum Gasteiger partial charge on any atom is -0.376 e. The molecule has 4 nitrogen and oxygen atoms in total. The molecule has 4 rings (SSSR count). The summed E-state index contributed by atoms with van der Waals surface area (Å²) in [7, 11) is 2.24. The first-order chi connectivity index (χ1) is 17.3. The van der Waals surface area contributed by atoms with Crippen molar-refractivity contribution in [2.45, 2.75) is 45.7 Å². The number of hydrogen-bond donors (Lipinski definition) is 0. The van der Waals surface area contributed by atoms with Crippen LogP contribution in [-0.2, 0) is 38.1 Å². The molecule has 1 atom stereocenters. The van der Waals surface area contributed by atoms with Gasteiger partial charge in [0, 0.05) is 37.9 Å². The molecule has 2 aromatic carbocycles. The second kappa shape index (κ2) is 13.3. The van der Waals surface area contributed by atoms with Gasteiger partial charge in [-0.1, -0.05) is 55.8 Å². The number of likely N-dealkylation sites (N-methyl/N-ethyl adjacent to an activating group) is 1. The normalized spacial score (nSPS) is 19.0. The molecule has 205 valence electrons. The summed E-state index contributed by atoms with van der Waals surface area (Å²) < 4.78 is 48.5. The summed E-state index contributed by atoms with van der Waals surface area (Å²) in [4.78, 5) is 26.8. The standard InChI is InChI=1S/C21H31N2O.C8H3F4O.Nb/c1-16(2)13-20(24)23-11-9-21(10-12-23)15-22(4)14-19(21)18-7-5-17(3)6-8-18;9-7-2-1-6(8(10,11)12)3-5(7)4-13;/h5-8,13,16,19H,9-12,14-15H2,1-4H3;1-3H;/q2*-1;+2. The molecular weight excluding hydrogens is 577 g/mol. The fourth-order valence-electron chi connectivity index (χ4n) is 5.32. The first-order valence-corrected chi connectivity index (χ1v) is 12.5. The van der Waals surface area contributed by atoms with Gasteiger partial charge < -0.3 is 25.8 Å². The molecule has 0 bridgehead atoms. The molecule has 0 aliphatic carbocycles. The van der Waals surface area contributed by atoms with Crippen LogP contribution >= 0.6 is 0 Å². The molecule has 2 fully saturated rings. The zero-order valence-electron chi connectivity index (χ0n) is 22.2. The maximum absolute atomic E-state index is 12.5. The number of piperidine rings is 1. The van der Waals surface area contributed by atoms with E-state index in [1.807, 2.05) is 6.42 Å². The predicted molar refractivity (Wildman–Crippen MR) is 135 cm³/mol. The number of aryl methyl sites for hydroxylation is 1. The van der Waals surface area contributed by atoms with Crippen molar-refractivity contribution >= 4 is 12.2 Å². The van der Waals surface area contributed by atoms with Crippen molar-refractivity contribution in [3.8, 4) is 0 Å². The molecule has 38 heavy (non-hydrogen) atoms. The van der Waals surface area contributed by atoms with Gasteiger partial charge in [-0.05, 0) is 43.4 Å². The third-order valence-electron chi connectivity index (χ3n) is 7.25. The Hall–Kier alpha value is -2.13. The largest absolute Gasteiger partial charge is 2.00 e. The van der Waals surface area contributed by atoms with Crippen molar-refractivity contribution in [3.63, 3.8) is 0 Å². The Morgan fingerprint density at radius 1 is 1.11 bits per heavy atom. The van der Waals surface area contributed by atoms with Gasteiger partial charge in [-0.3, -0.25) is 4.39 Å². The second-order valence-electron chi connectivity index (χ2n) is 10.6. The molecule has 2 aliphatic heterocycles. The number of rotatable bonds is 4.